The summed E-state index contributed by atoms with van der Waals surface area (Å²) >= 11 is 4.26. The Bertz CT molecular complexity index is 175. The molecule has 0 heterocycles. The van der Waals surface area contributed by atoms with Crippen molar-refractivity contribution in [3.05, 3.63) is 0 Å². The van der Waals surface area contributed by atoms with Crippen molar-refractivity contribution >= 4 is 18.5 Å². The lowest BCUT2D eigenvalue weighted by Crippen LogP contribution is -2.25. The van der Waals surface area contributed by atoms with Crippen LogP contribution in [0.5, 0.6) is 0 Å². The molecule has 0 saturated carbocycles. The molecule has 6 N–H and O–H groups in total. The minimum atomic E-state index is -3.53. The van der Waals surface area contributed by atoms with Crippen molar-refractivity contribution in [2.45, 2.75) is 25.3 Å². The molecule has 0 aliphatic rings. The highest BCUT2D eigenvalue weighted by Crippen LogP contribution is 2.36. The first-order chi connectivity index (χ1) is 5.95. The zero-order valence-electron chi connectivity index (χ0n) is 7.43. The van der Waals surface area contributed by atoms with Gasteiger partial charge >= 0.3 is 6.72 Å². The minimum Gasteiger partial charge on any atom is -0.330 e. The Kier molecular flexibility index (Phi) is 7.07. The number of nitrogens with two attached hydrogens (primary N) is 2. The second-order valence-corrected chi connectivity index (χ2v) is 5.50. The predicted octanol–water partition coefficient (Wildman–Crippen LogP) is -0.332. The van der Waals surface area contributed by atoms with Gasteiger partial charge in [-0.2, -0.15) is 0 Å². The summed E-state index contributed by atoms with van der Waals surface area (Å²) < 4.78 is 4.60. The molecule has 1 atom stereocenters. The van der Waals surface area contributed by atoms with Crippen LogP contribution in [0.3, 0.4) is 0 Å². The van der Waals surface area contributed by atoms with E-state index >= 15 is 0 Å². The smallest absolute Gasteiger partial charge is 0.321 e. The molecule has 0 aliphatic carbocycles. The van der Waals surface area contributed by atoms with Crippen LogP contribution in [0.15, 0.2) is 0 Å². The number of rotatable bonds is 7. The standard InChI is InChI=1S/C6H17N2O3PS/c7-4-2-1-3-6(8)5-11-12(9,10)13/h6H,1-5,7-8H2,(H2,9,10,13)/t6-/m0/s1. The fraction of sp³-hybridized carbons (Fsp3) is 1.00. The van der Waals surface area contributed by atoms with Gasteiger partial charge in [0.1, 0.15) is 0 Å². The molecule has 0 unspecified atom stereocenters. The molecule has 0 aromatic carbocycles. The third kappa shape index (κ3) is 10.4. The molecular weight excluding hydrogens is 211 g/mol. The first-order valence-corrected chi connectivity index (χ1v) is 6.74. The van der Waals surface area contributed by atoms with E-state index in [9.17, 15) is 0 Å². The predicted molar refractivity (Wildman–Crippen MR) is 55.6 cm³/mol. The second-order valence-electron chi connectivity index (χ2n) is 2.83. The third-order valence-electron chi connectivity index (χ3n) is 1.49. The average Bonchev–Trinajstić information content (AvgIpc) is 2.00. The fourth-order valence-electron chi connectivity index (χ4n) is 0.827. The van der Waals surface area contributed by atoms with Gasteiger partial charge in [0.2, 0.25) is 0 Å². The van der Waals surface area contributed by atoms with Gasteiger partial charge in [-0.05, 0) is 31.2 Å². The maximum absolute atomic E-state index is 8.72. The van der Waals surface area contributed by atoms with Crippen LogP contribution in [-0.4, -0.2) is 29.0 Å². The molecule has 80 valence electrons. The summed E-state index contributed by atoms with van der Waals surface area (Å²) in [5, 5.41) is 0. The normalized spacial score (nSPS) is 14.5. The van der Waals surface area contributed by atoms with E-state index in [0.29, 0.717) is 6.54 Å². The van der Waals surface area contributed by atoms with Crippen molar-refractivity contribution in [3.63, 3.8) is 0 Å². The van der Waals surface area contributed by atoms with Crippen molar-refractivity contribution in [1.82, 2.24) is 0 Å². The monoisotopic (exact) mass is 228 g/mol. The Balaban J connectivity index is 3.40. The molecule has 0 rings (SSSR count). The zero-order valence-corrected chi connectivity index (χ0v) is 9.14. The van der Waals surface area contributed by atoms with Crippen molar-refractivity contribution < 1.29 is 14.3 Å². The Hall–Kier alpha value is 0.450. The number of unbranched alkanes of at least 4 members (excludes halogenated alkanes) is 1. The van der Waals surface area contributed by atoms with E-state index < -0.39 is 6.72 Å². The van der Waals surface area contributed by atoms with E-state index in [1.165, 1.54) is 0 Å². The maximum atomic E-state index is 8.72. The van der Waals surface area contributed by atoms with Gasteiger partial charge in [-0.25, -0.2) is 0 Å². The summed E-state index contributed by atoms with van der Waals surface area (Å²) in [5.74, 6) is 0. The summed E-state index contributed by atoms with van der Waals surface area (Å²) in [6, 6.07) is -0.201. The number of hydrogen-bond donors (Lipinski definition) is 4. The summed E-state index contributed by atoms with van der Waals surface area (Å²) in [5.41, 5.74) is 10.9. The fourth-order valence-corrected chi connectivity index (χ4v) is 1.40. The van der Waals surface area contributed by atoms with Gasteiger partial charge in [-0.3, -0.25) is 0 Å². The topological polar surface area (TPSA) is 102 Å². The summed E-state index contributed by atoms with van der Waals surface area (Å²) in [7, 11) is 0. The molecule has 0 saturated heterocycles. The van der Waals surface area contributed by atoms with Crippen LogP contribution in [-0.2, 0) is 16.3 Å². The highest BCUT2D eigenvalue weighted by molar-refractivity contribution is 8.06. The largest absolute Gasteiger partial charge is 0.330 e. The Morgan fingerprint density at radius 2 is 2.00 bits per heavy atom. The van der Waals surface area contributed by atoms with E-state index in [0.717, 1.165) is 19.3 Å². The Morgan fingerprint density at radius 1 is 1.38 bits per heavy atom. The van der Waals surface area contributed by atoms with Crippen LogP contribution < -0.4 is 11.5 Å². The van der Waals surface area contributed by atoms with Gasteiger partial charge in [-0.1, -0.05) is 6.42 Å². The summed E-state index contributed by atoms with van der Waals surface area (Å²) in [4.78, 5) is 17.4. The highest BCUT2D eigenvalue weighted by Gasteiger charge is 2.10. The van der Waals surface area contributed by atoms with E-state index in [1.54, 1.807) is 0 Å². The molecule has 0 aliphatic heterocycles. The molecule has 0 aromatic rings. The molecule has 5 nitrogen and oxygen atoms in total. The quantitative estimate of drug-likeness (QED) is 0.351. The number of hydrogen-bond acceptors (Lipinski definition) is 4. The molecule has 0 bridgehead atoms. The van der Waals surface area contributed by atoms with Crippen LogP contribution >= 0.6 is 6.72 Å². The summed E-state index contributed by atoms with van der Waals surface area (Å²) in [6.07, 6.45) is 2.59. The van der Waals surface area contributed by atoms with Crippen LogP contribution in [0.1, 0.15) is 19.3 Å². The van der Waals surface area contributed by atoms with E-state index in [1.807, 2.05) is 0 Å². The minimum absolute atomic E-state index is 0.0921. The molecule has 0 aromatic heterocycles. The third-order valence-corrected chi connectivity index (χ3v) is 2.29. The van der Waals surface area contributed by atoms with Gasteiger partial charge in [0, 0.05) is 6.04 Å². The molecule has 0 amide bonds. The molecule has 0 fully saturated rings. The second kappa shape index (κ2) is 6.84. The highest BCUT2D eigenvalue weighted by atomic mass is 32.5. The zero-order chi connectivity index (χ0) is 10.3. The molecule has 13 heavy (non-hydrogen) atoms. The van der Waals surface area contributed by atoms with Gasteiger partial charge in [0.25, 0.3) is 0 Å². The van der Waals surface area contributed by atoms with Gasteiger partial charge < -0.3 is 25.8 Å². The van der Waals surface area contributed by atoms with Crippen molar-refractivity contribution in [2.24, 2.45) is 11.5 Å². The maximum Gasteiger partial charge on any atom is 0.321 e. The summed E-state index contributed by atoms with van der Waals surface area (Å²) in [6.45, 7) is -2.79. The first kappa shape index (κ1) is 13.4. The molecule has 7 heteroatoms. The van der Waals surface area contributed by atoms with Crippen LogP contribution in [0.2, 0.25) is 0 Å². The van der Waals surface area contributed by atoms with Gasteiger partial charge in [-0.15, -0.1) is 0 Å². The molecular formula is C6H17N2O3PS. The van der Waals surface area contributed by atoms with Crippen LogP contribution in [0, 0.1) is 0 Å². The average molecular weight is 228 g/mol. The van der Waals surface area contributed by atoms with Crippen molar-refractivity contribution in [3.8, 4) is 0 Å². The van der Waals surface area contributed by atoms with Crippen molar-refractivity contribution in [2.75, 3.05) is 13.2 Å². The van der Waals surface area contributed by atoms with Crippen molar-refractivity contribution in [1.29, 1.82) is 0 Å². The lowest BCUT2D eigenvalue weighted by Gasteiger charge is -2.13. The van der Waals surface area contributed by atoms with E-state index in [2.05, 4.69) is 16.3 Å². The van der Waals surface area contributed by atoms with Gasteiger partial charge in [0.15, 0.2) is 0 Å². The van der Waals surface area contributed by atoms with E-state index in [-0.39, 0.29) is 12.6 Å². The van der Waals surface area contributed by atoms with Gasteiger partial charge in [0.05, 0.1) is 6.61 Å². The molecule has 0 radical (unpaired) electrons. The lowest BCUT2D eigenvalue weighted by atomic mass is 10.1. The Labute approximate surface area is 83.3 Å². The first-order valence-electron chi connectivity index (χ1n) is 4.11. The molecule has 0 spiro atoms. The SMILES string of the molecule is NCCCC[C@H](N)COP(O)(O)=S. The Morgan fingerprint density at radius 3 is 2.46 bits per heavy atom. The van der Waals surface area contributed by atoms with Crippen LogP contribution in [0.25, 0.3) is 0 Å². The van der Waals surface area contributed by atoms with E-state index in [4.69, 9.17) is 21.3 Å². The van der Waals surface area contributed by atoms with Crippen LogP contribution in [0.4, 0.5) is 0 Å². The lowest BCUT2D eigenvalue weighted by molar-refractivity contribution is 0.230.